The molecule has 0 radical (unpaired) electrons. The third-order valence-corrected chi connectivity index (χ3v) is 1.68. The Bertz CT molecular complexity index is 135. The highest BCUT2D eigenvalue weighted by atomic mass is 16.5. The first kappa shape index (κ1) is 10.4. The van der Waals surface area contributed by atoms with Crippen molar-refractivity contribution in [1.82, 2.24) is 0 Å². The van der Waals surface area contributed by atoms with Crippen molar-refractivity contribution in [3.63, 3.8) is 0 Å². The molecule has 0 spiro atoms. The Hall–Kier alpha value is -0.550. The summed E-state index contributed by atoms with van der Waals surface area (Å²) in [5, 5.41) is 8.47. The van der Waals surface area contributed by atoms with Crippen LogP contribution in [0.5, 0.6) is 0 Å². The van der Waals surface area contributed by atoms with Crippen molar-refractivity contribution in [2.45, 2.75) is 33.6 Å². The smallest absolute Gasteiger partial charge is 0.0627 e. The number of nitrogens with zero attached hydrogens (tertiary/aromatic N) is 1. The van der Waals surface area contributed by atoms with Crippen molar-refractivity contribution in [2.24, 2.45) is 5.41 Å². The quantitative estimate of drug-likeness (QED) is 0.571. The van der Waals surface area contributed by atoms with Gasteiger partial charge in [0.05, 0.1) is 6.07 Å². The van der Waals surface area contributed by atoms with Crippen LogP contribution in [-0.4, -0.2) is 13.2 Å². The molecule has 0 N–H and O–H groups in total. The van der Waals surface area contributed by atoms with Gasteiger partial charge in [-0.3, -0.25) is 0 Å². The fraction of sp³-hybridized carbons (Fsp3) is 0.889. The first-order valence-corrected chi connectivity index (χ1v) is 4.07. The van der Waals surface area contributed by atoms with E-state index in [9.17, 15) is 0 Å². The Morgan fingerprint density at radius 2 is 2.09 bits per heavy atom. The zero-order valence-corrected chi connectivity index (χ0v) is 7.68. The summed E-state index contributed by atoms with van der Waals surface area (Å²) in [4.78, 5) is 0. The number of ether oxygens (including phenoxy) is 1. The van der Waals surface area contributed by atoms with E-state index in [4.69, 9.17) is 10.00 Å². The van der Waals surface area contributed by atoms with E-state index in [0.717, 1.165) is 19.6 Å². The number of hydrogen-bond acceptors (Lipinski definition) is 2. The molecule has 0 unspecified atom stereocenters. The fourth-order valence-electron chi connectivity index (χ4n) is 0.795. The summed E-state index contributed by atoms with van der Waals surface area (Å²) in [6.45, 7) is 7.70. The molecule has 0 bridgehead atoms. The Labute approximate surface area is 69.2 Å². The zero-order chi connectivity index (χ0) is 8.74. The molecule has 0 aliphatic rings. The summed E-state index contributed by atoms with van der Waals surface area (Å²) in [6, 6.07) is 2.18. The van der Waals surface area contributed by atoms with Crippen LogP contribution < -0.4 is 0 Å². The number of hydrogen-bond donors (Lipinski definition) is 0. The predicted molar refractivity (Wildman–Crippen MR) is 45.1 cm³/mol. The maximum absolute atomic E-state index is 8.47. The Morgan fingerprint density at radius 3 is 2.55 bits per heavy atom. The highest BCUT2D eigenvalue weighted by Crippen LogP contribution is 2.23. The third kappa shape index (κ3) is 5.87. The molecule has 0 saturated heterocycles. The first-order chi connectivity index (χ1) is 5.12. The van der Waals surface area contributed by atoms with Crippen molar-refractivity contribution in [3.8, 4) is 6.07 Å². The van der Waals surface area contributed by atoms with Gasteiger partial charge in [0.1, 0.15) is 0 Å². The van der Waals surface area contributed by atoms with Crippen molar-refractivity contribution in [2.75, 3.05) is 13.2 Å². The minimum atomic E-state index is 0.115. The van der Waals surface area contributed by atoms with E-state index in [1.807, 2.05) is 6.92 Å². The minimum Gasteiger partial charge on any atom is -0.382 e. The molecular weight excluding hydrogens is 138 g/mol. The van der Waals surface area contributed by atoms with Gasteiger partial charge in [0.25, 0.3) is 0 Å². The molecule has 0 heterocycles. The van der Waals surface area contributed by atoms with Crippen LogP contribution >= 0.6 is 0 Å². The number of rotatable bonds is 5. The molecule has 0 aromatic heterocycles. The highest BCUT2D eigenvalue weighted by molar-refractivity contribution is 4.81. The van der Waals surface area contributed by atoms with E-state index in [2.05, 4.69) is 19.9 Å². The van der Waals surface area contributed by atoms with Gasteiger partial charge < -0.3 is 4.74 Å². The van der Waals surface area contributed by atoms with Gasteiger partial charge in [0, 0.05) is 19.6 Å². The topological polar surface area (TPSA) is 33.0 Å². The van der Waals surface area contributed by atoms with Crippen LogP contribution in [0.3, 0.4) is 0 Å². The normalized spacial score (nSPS) is 11.1. The van der Waals surface area contributed by atoms with Crippen molar-refractivity contribution < 1.29 is 4.74 Å². The summed E-state index contributed by atoms with van der Waals surface area (Å²) in [6.07, 6.45) is 1.58. The molecule has 2 heteroatoms. The van der Waals surface area contributed by atoms with Gasteiger partial charge in [-0.05, 0) is 18.8 Å². The molecule has 0 amide bonds. The Balaban J connectivity index is 3.48. The van der Waals surface area contributed by atoms with Gasteiger partial charge in [-0.2, -0.15) is 5.26 Å². The lowest BCUT2D eigenvalue weighted by atomic mass is 9.87. The first-order valence-electron chi connectivity index (χ1n) is 4.07. The fourth-order valence-corrected chi connectivity index (χ4v) is 0.795. The molecule has 0 saturated carbocycles. The second kappa shape index (κ2) is 5.15. The summed E-state index contributed by atoms with van der Waals surface area (Å²) >= 11 is 0. The lowest BCUT2D eigenvalue weighted by Crippen LogP contribution is -2.13. The molecule has 64 valence electrons. The second-order valence-electron chi connectivity index (χ2n) is 3.45. The zero-order valence-electron chi connectivity index (χ0n) is 7.68. The van der Waals surface area contributed by atoms with Gasteiger partial charge in [0.15, 0.2) is 0 Å². The van der Waals surface area contributed by atoms with Crippen LogP contribution in [0, 0.1) is 16.7 Å². The van der Waals surface area contributed by atoms with Crippen LogP contribution in [0.1, 0.15) is 33.6 Å². The van der Waals surface area contributed by atoms with Crippen LogP contribution in [0.25, 0.3) is 0 Å². The lowest BCUT2D eigenvalue weighted by Gasteiger charge is -2.20. The van der Waals surface area contributed by atoms with Crippen LogP contribution in [0.15, 0.2) is 0 Å². The van der Waals surface area contributed by atoms with Gasteiger partial charge >= 0.3 is 0 Å². The van der Waals surface area contributed by atoms with E-state index in [-0.39, 0.29) is 5.41 Å². The van der Waals surface area contributed by atoms with E-state index in [1.165, 1.54) is 0 Å². The summed E-state index contributed by atoms with van der Waals surface area (Å²) in [7, 11) is 0. The Morgan fingerprint density at radius 1 is 1.45 bits per heavy atom. The molecule has 0 aliphatic carbocycles. The maximum atomic E-state index is 8.47. The molecule has 0 aromatic rings. The Kier molecular flexibility index (Phi) is 4.89. The van der Waals surface area contributed by atoms with Crippen LogP contribution in [0.4, 0.5) is 0 Å². The molecule has 11 heavy (non-hydrogen) atoms. The summed E-state index contributed by atoms with van der Waals surface area (Å²) in [5.41, 5.74) is 0.115. The average molecular weight is 155 g/mol. The summed E-state index contributed by atoms with van der Waals surface area (Å²) in [5.74, 6) is 0. The molecular formula is C9H17NO. The molecule has 0 aliphatic heterocycles. The maximum Gasteiger partial charge on any atom is 0.0627 e. The monoisotopic (exact) mass is 155 g/mol. The van der Waals surface area contributed by atoms with Crippen LogP contribution in [-0.2, 0) is 4.74 Å². The van der Waals surface area contributed by atoms with Crippen molar-refractivity contribution in [3.05, 3.63) is 0 Å². The summed E-state index contributed by atoms with van der Waals surface area (Å²) < 4.78 is 5.21. The van der Waals surface area contributed by atoms with E-state index in [0.29, 0.717) is 6.42 Å². The van der Waals surface area contributed by atoms with Crippen molar-refractivity contribution >= 4 is 0 Å². The predicted octanol–water partition coefficient (Wildman–Crippen LogP) is 2.35. The van der Waals surface area contributed by atoms with Gasteiger partial charge in [-0.25, -0.2) is 0 Å². The largest absolute Gasteiger partial charge is 0.382 e. The van der Waals surface area contributed by atoms with Gasteiger partial charge in [-0.15, -0.1) is 0 Å². The molecule has 2 nitrogen and oxygen atoms in total. The molecule has 0 aromatic carbocycles. The van der Waals surface area contributed by atoms with E-state index in [1.54, 1.807) is 0 Å². The van der Waals surface area contributed by atoms with Gasteiger partial charge in [-0.1, -0.05) is 13.8 Å². The van der Waals surface area contributed by atoms with Crippen LogP contribution in [0.2, 0.25) is 0 Å². The van der Waals surface area contributed by atoms with E-state index < -0.39 is 0 Å². The van der Waals surface area contributed by atoms with Gasteiger partial charge in [0.2, 0.25) is 0 Å². The highest BCUT2D eigenvalue weighted by Gasteiger charge is 2.16. The SMILES string of the molecule is CCOCCC(C)(C)CC#N. The molecule has 0 fully saturated rings. The second-order valence-corrected chi connectivity index (χ2v) is 3.45. The molecule has 0 rings (SSSR count). The minimum absolute atomic E-state index is 0.115. The standard InChI is InChI=1S/C9H17NO/c1-4-11-8-6-9(2,3)5-7-10/h4-6,8H2,1-3H3. The molecule has 0 atom stereocenters. The van der Waals surface area contributed by atoms with Crippen molar-refractivity contribution in [1.29, 1.82) is 5.26 Å². The average Bonchev–Trinajstić information content (AvgIpc) is 1.87. The number of nitriles is 1. The van der Waals surface area contributed by atoms with E-state index >= 15 is 0 Å². The lowest BCUT2D eigenvalue weighted by molar-refractivity contribution is 0.115. The third-order valence-electron chi connectivity index (χ3n) is 1.68.